The number of unbranched alkanes of at least 4 members (excludes halogenated alkanes) is 1. The third-order valence-electron chi connectivity index (χ3n) is 10.8. The van der Waals surface area contributed by atoms with E-state index in [-0.39, 0.29) is 58.6 Å². The molecule has 0 aromatic heterocycles. The second kappa shape index (κ2) is 15.1. The van der Waals surface area contributed by atoms with Crippen LogP contribution in [0.5, 0.6) is 0 Å². The summed E-state index contributed by atoms with van der Waals surface area (Å²) in [5.41, 5.74) is 0.0765. The molecule has 0 saturated carbocycles. The molecule has 0 N–H and O–H groups in total. The number of hydrogen-bond acceptors (Lipinski definition) is 6. The zero-order valence-corrected chi connectivity index (χ0v) is 34.1. The van der Waals surface area contributed by atoms with E-state index in [1.165, 1.54) is 5.57 Å². The predicted octanol–water partition coefficient (Wildman–Crippen LogP) is 8.79. The molecule has 1 unspecified atom stereocenters. The Morgan fingerprint density at radius 2 is 1.65 bits per heavy atom. The first kappa shape index (κ1) is 39.2. The molecule has 0 spiro atoms. The number of hydrogen-bond donors (Lipinski definition) is 0. The molecule has 3 rings (SSSR count). The summed E-state index contributed by atoms with van der Waals surface area (Å²) in [6.07, 6.45) is 11.9. The van der Waals surface area contributed by atoms with Crippen LogP contribution in [0.4, 0.5) is 0 Å². The summed E-state index contributed by atoms with van der Waals surface area (Å²) in [6, 6.07) is 0. The van der Waals surface area contributed by atoms with Crippen molar-refractivity contribution in [3.8, 4) is 0 Å². The third kappa shape index (κ3) is 9.26. The number of rotatable bonds is 12. The molecule has 0 bridgehead atoms. The average molecular weight is 677 g/mol. The van der Waals surface area contributed by atoms with Crippen molar-refractivity contribution in [1.29, 1.82) is 0 Å². The van der Waals surface area contributed by atoms with Crippen LogP contribution in [0.25, 0.3) is 0 Å². The first-order valence-corrected chi connectivity index (χ1v) is 23.8. The average Bonchev–Trinajstić information content (AvgIpc) is 2.92. The maximum atomic E-state index is 13.9. The van der Waals surface area contributed by atoms with Crippen molar-refractivity contribution in [2.45, 2.75) is 164 Å². The zero-order chi connectivity index (χ0) is 34.8. The lowest BCUT2D eigenvalue weighted by Gasteiger charge is -2.54. The van der Waals surface area contributed by atoms with Crippen LogP contribution in [0.3, 0.4) is 0 Å². The smallest absolute Gasteiger partial charge is 0.334 e. The minimum atomic E-state index is -1.56. The summed E-state index contributed by atoms with van der Waals surface area (Å²) < 4.78 is 26.3. The highest BCUT2D eigenvalue weighted by molar-refractivity contribution is 6.48. The SMILES string of the molecule is CCCCC(C)(C)C(=O)O[C@H]1C[C@H](C(C)(C)C)C=C2C=C[C@H](C)[C@](CC[C@@H]3C[C@H](C(C)(C)C)C(O[SiH](C)C)C(=O)O3)(O[SiH](C)C)[C@H]21. The third-order valence-corrected chi connectivity index (χ3v) is 12.6. The van der Waals surface area contributed by atoms with E-state index in [9.17, 15) is 9.59 Å². The summed E-state index contributed by atoms with van der Waals surface area (Å²) >= 11 is 0. The molecule has 0 aromatic carbocycles. The van der Waals surface area contributed by atoms with Crippen molar-refractivity contribution in [3.63, 3.8) is 0 Å². The largest absolute Gasteiger partial charge is 0.461 e. The van der Waals surface area contributed by atoms with Crippen molar-refractivity contribution in [1.82, 2.24) is 0 Å². The Morgan fingerprint density at radius 1 is 1.00 bits per heavy atom. The second-order valence-corrected chi connectivity index (χ2v) is 22.7. The number of carbonyl (C=O) groups excluding carboxylic acids is 2. The van der Waals surface area contributed by atoms with E-state index in [0.29, 0.717) is 6.42 Å². The van der Waals surface area contributed by atoms with Crippen LogP contribution in [0.1, 0.15) is 114 Å². The standard InChI is InChI=1S/C38H68O6Si2/c1-15-16-20-37(9,10)34(40)42-30-23-27(35(3,4)5)22-26-18-17-25(2)38(31(26)30,44-46(13)14)21-19-28-24-29(36(6,7)8)32(33(39)41-28)43-45(11)12/h17-18,22,25,27-32,45-46H,15-16,19-21,23-24H2,1-14H3/t25-,27+,28+,29-,30-,31+,32?,38-/m0/s1. The summed E-state index contributed by atoms with van der Waals surface area (Å²) in [4.78, 5) is 27.3. The molecular weight excluding hydrogens is 609 g/mol. The Bertz CT molecular complexity index is 1110. The van der Waals surface area contributed by atoms with Gasteiger partial charge in [0.15, 0.2) is 18.1 Å². The minimum absolute atomic E-state index is 0.0310. The first-order chi connectivity index (χ1) is 21.1. The highest BCUT2D eigenvalue weighted by Gasteiger charge is 2.55. The van der Waals surface area contributed by atoms with Crippen LogP contribution in [-0.4, -0.2) is 53.9 Å². The Kier molecular flexibility index (Phi) is 12.9. The monoisotopic (exact) mass is 676 g/mol. The molecule has 1 fully saturated rings. The Balaban J connectivity index is 2.02. The molecule has 8 atom stereocenters. The minimum Gasteiger partial charge on any atom is -0.461 e. The van der Waals surface area contributed by atoms with Gasteiger partial charge < -0.3 is 18.3 Å². The molecule has 8 heteroatoms. The normalized spacial score (nSPS) is 32.3. The van der Waals surface area contributed by atoms with Crippen molar-refractivity contribution >= 4 is 30.0 Å². The molecule has 0 amide bonds. The molecule has 0 radical (unpaired) electrons. The number of allylic oxidation sites excluding steroid dienone is 2. The number of esters is 2. The number of carbonyl (C=O) groups is 2. The molecular formula is C38H68O6Si2. The summed E-state index contributed by atoms with van der Waals surface area (Å²) in [5.74, 6) is 0.0840. The molecule has 1 aliphatic heterocycles. The fraction of sp³-hybridized carbons (Fsp3) is 0.842. The highest BCUT2D eigenvalue weighted by Crippen LogP contribution is 2.53. The van der Waals surface area contributed by atoms with Gasteiger partial charge in [-0.15, -0.1) is 0 Å². The molecule has 46 heavy (non-hydrogen) atoms. The van der Waals surface area contributed by atoms with E-state index in [4.69, 9.17) is 18.3 Å². The lowest BCUT2D eigenvalue weighted by atomic mass is 9.59. The lowest BCUT2D eigenvalue weighted by molar-refractivity contribution is -0.180. The van der Waals surface area contributed by atoms with Gasteiger partial charge in [0.25, 0.3) is 0 Å². The molecule has 6 nitrogen and oxygen atoms in total. The Morgan fingerprint density at radius 3 is 2.20 bits per heavy atom. The molecule has 0 aromatic rings. The quantitative estimate of drug-likeness (QED) is 0.152. The Labute approximate surface area is 285 Å². The number of cyclic esters (lactones) is 1. The second-order valence-electron chi connectivity index (χ2n) is 18.0. The van der Waals surface area contributed by atoms with Crippen LogP contribution in [0, 0.1) is 39.9 Å². The van der Waals surface area contributed by atoms with Crippen molar-refractivity contribution in [3.05, 3.63) is 23.8 Å². The lowest BCUT2D eigenvalue weighted by Crippen LogP contribution is -2.58. The van der Waals surface area contributed by atoms with E-state index in [2.05, 4.69) is 99.8 Å². The van der Waals surface area contributed by atoms with Gasteiger partial charge in [0.2, 0.25) is 0 Å². The Hall–Kier alpha value is -1.23. The first-order valence-electron chi connectivity index (χ1n) is 18.3. The van der Waals surface area contributed by atoms with Crippen molar-refractivity contribution < 1.29 is 27.9 Å². The van der Waals surface area contributed by atoms with E-state index >= 15 is 0 Å². The number of fused-ring (bicyclic) bond motifs is 1. The fourth-order valence-electron chi connectivity index (χ4n) is 7.93. The van der Waals surface area contributed by atoms with Crippen LogP contribution in [-0.2, 0) is 27.9 Å². The molecule has 1 heterocycles. The van der Waals surface area contributed by atoms with E-state index in [0.717, 1.165) is 38.5 Å². The van der Waals surface area contributed by atoms with E-state index < -0.39 is 35.2 Å². The molecule has 2 aliphatic carbocycles. The van der Waals surface area contributed by atoms with Gasteiger partial charge in [-0.1, -0.05) is 86.5 Å². The van der Waals surface area contributed by atoms with Gasteiger partial charge in [0, 0.05) is 17.8 Å². The van der Waals surface area contributed by atoms with E-state index in [1.807, 2.05) is 13.8 Å². The van der Waals surface area contributed by atoms with Gasteiger partial charge in [0.1, 0.15) is 18.3 Å². The fourth-order valence-corrected chi connectivity index (χ4v) is 10.2. The van der Waals surface area contributed by atoms with Crippen LogP contribution < -0.4 is 0 Å². The molecule has 1 saturated heterocycles. The maximum absolute atomic E-state index is 13.9. The van der Waals surface area contributed by atoms with Crippen LogP contribution >= 0.6 is 0 Å². The van der Waals surface area contributed by atoms with Crippen LogP contribution in [0.2, 0.25) is 26.2 Å². The number of ether oxygens (including phenoxy) is 2. The molecule has 3 aliphatic rings. The van der Waals surface area contributed by atoms with Crippen LogP contribution in [0.15, 0.2) is 23.8 Å². The zero-order valence-electron chi connectivity index (χ0n) is 31.8. The van der Waals surface area contributed by atoms with Crippen molar-refractivity contribution in [2.24, 2.45) is 39.9 Å². The summed E-state index contributed by atoms with van der Waals surface area (Å²) in [7, 11) is -2.99. The van der Waals surface area contributed by atoms with Gasteiger partial charge in [0.05, 0.1) is 11.0 Å². The van der Waals surface area contributed by atoms with Gasteiger partial charge in [-0.25, -0.2) is 4.79 Å². The molecule has 264 valence electrons. The van der Waals surface area contributed by atoms with Gasteiger partial charge in [-0.2, -0.15) is 0 Å². The van der Waals surface area contributed by atoms with Gasteiger partial charge >= 0.3 is 11.9 Å². The maximum Gasteiger partial charge on any atom is 0.334 e. The summed E-state index contributed by atoms with van der Waals surface area (Å²) in [5, 5.41) is 0. The summed E-state index contributed by atoms with van der Waals surface area (Å²) in [6.45, 7) is 30.6. The van der Waals surface area contributed by atoms with E-state index in [1.54, 1.807) is 0 Å². The van der Waals surface area contributed by atoms with Crippen molar-refractivity contribution in [2.75, 3.05) is 0 Å². The highest BCUT2D eigenvalue weighted by atomic mass is 28.3. The van der Waals surface area contributed by atoms with Gasteiger partial charge in [-0.05, 0) is 94.5 Å². The predicted molar refractivity (Wildman–Crippen MR) is 194 cm³/mol. The van der Waals surface area contributed by atoms with Gasteiger partial charge in [-0.3, -0.25) is 4.79 Å². The topological polar surface area (TPSA) is 71.1 Å².